The van der Waals surface area contributed by atoms with E-state index in [0.29, 0.717) is 17.4 Å². The van der Waals surface area contributed by atoms with E-state index in [4.69, 9.17) is 11.1 Å². The van der Waals surface area contributed by atoms with Crippen molar-refractivity contribution < 1.29 is 0 Å². The number of hydrogen-bond donors (Lipinski definition) is 3. The molecule has 26 heavy (non-hydrogen) atoms. The van der Waals surface area contributed by atoms with E-state index in [2.05, 4.69) is 42.9 Å². The molecule has 0 atom stereocenters. The van der Waals surface area contributed by atoms with Gasteiger partial charge < -0.3 is 16.5 Å². The summed E-state index contributed by atoms with van der Waals surface area (Å²) in [5.74, 6) is 1.06. The molecule has 4 N–H and O–H groups in total. The summed E-state index contributed by atoms with van der Waals surface area (Å²) in [6, 6.07) is 4.29. The summed E-state index contributed by atoms with van der Waals surface area (Å²) in [6.07, 6.45) is 10.5. The first-order valence-corrected chi connectivity index (χ1v) is 9.56. The topological polar surface area (TPSA) is 74.3 Å². The molecule has 1 aliphatic carbocycles. The molecule has 2 rings (SSSR count). The van der Waals surface area contributed by atoms with E-state index in [-0.39, 0.29) is 0 Å². The average molecular weight is 353 g/mol. The van der Waals surface area contributed by atoms with E-state index in [9.17, 15) is 0 Å². The van der Waals surface area contributed by atoms with Gasteiger partial charge in [-0.1, -0.05) is 32.8 Å². The summed E-state index contributed by atoms with van der Waals surface area (Å²) in [7, 11) is 0. The van der Waals surface area contributed by atoms with E-state index < -0.39 is 0 Å². The third-order valence-corrected chi connectivity index (χ3v) is 5.09. The lowest BCUT2D eigenvalue weighted by atomic mass is 9.81. The summed E-state index contributed by atoms with van der Waals surface area (Å²) in [5.41, 5.74) is 12.1. The van der Waals surface area contributed by atoms with Crippen LogP contribution in [0.25, 0.3) is 0 Å². The zero-order valence-electron chi connectivity index (χ0n) is 16.4. The molecule has 1 aliphatic rings. The number of nitrogens with two attached hydrogens (primary N) is 1. The van der Waals surface area contributed by atoms with Crippen LogP contribution in [0.3, 0.4) is 0 Å². The van der Waals surface area contributed by atoms with Crippen LogP contribution in [0.15, 0.2) is 41.3 Å². The third-order valence-electron chi connectivity index (χ3n) is 5.09. The van der Waals surface area contributed by atoms with Crippen molar-refractivity contribution in [3.8, 4) is 0 Å². The standard InChI is InChI=1S/C22H32N4/c1-5-16(3)26-22(24)12-17(4)25-21-13-20(15(2)11-19(21)14-23)18-9-7-6-8-10-18/h11-14,18,23,25H,4-10,24H2,1-3H3/b22-12-,23-14?,26-16+. The quantitative estimate of drug-likeness (QED) is 0.439. The predicted molar refractivity (Wildman–Crippen MR) is 113 cm³/mol. The highest BCUT2D eigenvalue weighted by molar-refractivity contribution is 5.87. The maximum Gasteiger partial charge on any atom is 0.125 e. The number of anilines is 1. The van der Waals surface area contributed by atoms with Gasteiger partial charge in [-0.15, -0.1) is 0 Å². The van der Waals surface area contributed by atoms with Crippen LogP contribution in [0.2, 0.25) is 0 Å². The minimum atomic E-state index is 0.442. The Morgan fingerprint density at radius 3 is 2.65 bits per heavy atom. The molecule has 0 aliphatic heterocycles. The first kappa shape index (κ1) is 20.0. The molecule has 0 bridgehead atoms. The molecule has 0 saturated heterocycles. The smallest absolute Gasteiger partial charge is 0.125 e. The number of allylic oxidation sites excluding steroid dienone is 1. The van der Waals surface area contributed by atoms with Crippen molar-refractivity contribution >= 4 is 17.6 Å². The number of nitrogens with zero attached hydrogens (tertiary/aromatic N) is 1. The minimum Gasteiger partial charge on any atom is -0.384 e. The van der Waals surface area contributed by atoms with E-state index >= 15 is 0 Å². The lowest BCUT2D eigenvalue weighted by molar-refractivity contribution is 0.442. The second kappa shape index (κ2) is 9.37. The highest BCUT2D eigenvalue weighted by Gasteiger charge is 2.19. The first-order chi connectivity index (χ1) is 12.4. The van der Waals surface area contributed by atoms with Crippen LogP contribution < -0.4 is 11.1 Å². The normalized spacial score (nSPS) is 16.4. The summed E-state index contributed by atoms with van der Waals surface area (Å²) in [4.78, 5) is 4.33. The van der Waals surface area contributed by atoms with Gasteiger partial charge in [-0.2, -0.15) is 0 Å². The largest absolute Gasteiger partial charge is 0.384 e. The Hall–Kier alpha value is -2.36. The Kier molecular flexibility index (Phi) is 7.19. The van der Waals surface area contributed by atoms with Gasteiger partial charge in [-0.25, -0.2) is 4.99 Å². The number of aryl methyl sites for hydroxylation is 1. The Labute approximate surface area is 157 Å². The van der Waals surface area contributed by atoms with E-state index in [1.165, 1.54) is 49.4 Å². The molecular weight excluding hydrogens is 320 g/mol. The predicted octanol–water partition coefficient (Wildman–Crippen LogP) is 5.64. The van der Waals surface area contributed by atoms with Gasteiger partial charge in [0.05, 0.1) is 0 Å². The molecule has 0 spiro atoms. The molecule has 1 saturated carbocycles. The SMILES string of the molecule is C=C(/C=C(N)\N=C(/C)CC)Nc1cc(C2CCCCC2)c(C)cc1C=N. The fourth-order valence-corrected chi connectivity index (χ4v) is 3.55. The van der Waals surface area contributed by atoms with Gasteiger partial charge in [-0.05, 0) is 62.3 Å². The number of hydrogen-bond acceptors (Lipinski definition) is 4. The molecule has 0 aromatic heterocycles. The van der Waals surface area contributed by atoms with Crippen molar-refractivity contribution in [1.82, 2.24) is 0 Å². The second-order valence-electron chi connectivity index (χ2n) is 7.20. The maximum atomic E-state index is 7.74. The highest BCUT2D eigenvalue weighted by Crippen LogP contribution is 2.36. The molecule has 1 fully saturated rings. The Bertz CT molecular complexity index is 722. The van der Waals surface area contributed by atoms with Crippen molar-refractivity contribution in [2.75, 3.05) is 5.32 Å². The highest BCUT2D eigenvalue weighted by atomic mass is 14.9. The molecule has 140 valence electrons. The molecule has 0 heterocycles. The van der Waals surface area contributed by atoms with Crippen LogP contribution in [0, 0.1) is 12.3 Å². The molecule has 0 unspecified atom stereocenters. The lowest BCUT2D eigenvalue weighted by Crippen LogP contribution is -2.09. The summed E-state index contributed by atoms with van der Waals surface area (Å²) >= 11 is 0. The van der Waals surface area contributed by atoms with Crippen LogP contribution in [0.1, 0.15) is 75.0 Å². The first-order valence-electron chi connectivity index (χ1n) is 9.56. The van der Waals surface area contributed by atoms with Gasteiger partial charge in [0.25, 0.3) is 0 Å². The molecule has 4 heteroatoms. The maximum absolute atomic E-state index is 7.74. The van der Waals surface area contributed by atoms with Gasteiger partial charge in [-0.3, -0.25) is 0 Å². The zero-order valence-corrected chi connectivity index (χ0v) is 16.4. The molecule has 0 amide bonds. The van der Waals surface area contributed by atoms with Crippen LogP contribution in [0.4, 0.5) is 5.69 Å². The number of nitrogens with one attached hydrogen (secondary N) is 2. The molecular formula is C22H32N4. The van der Waals surface area contributed by atoms with Crippen LogP contribution >= 0.6 is 0 Å². The van der Waals surface area contributed by atoms with Crippen molar-refractivity contribution in [1.29, 1.82) is 5.41 Å². The summed E-state index contributed by atoms with van der Waals surface area (Å²) in [6.45, 7) is 10.2. The zero-order chi connectivity index (χ0) is 19.1. The van der Waals surface area contributed by atoms with Crippen molar-refractivity contribution in [3.05, 3.63) is 53.0 Å². The lowest BCUT2D eigenvalue weighted by Gasteiger charge is -2.25. The fraction of sp³-hybridized carbons (Fsp3) is 0.455. The Morgan fingerprint density at radius 1 is 1.35 bits per heavy atom. The van der Waals surface area contributed by atoms with Gasteiger partial charge >= 0.3 is 0 Å². The molecule has 4 nitrogen and oxygen atoms in total. The van der Waals surface area contributed by atoms with Crippen molar-refractivity contribution in [2.24, 2.45) is 10.7 Å². The number of rotatable bonds is 7. The average Bonchev–Trinajstić information content (AvgIpc) is 2.63. The molecule has 1 aromatic carbocycles. The van der Waals surface area contributed by atoms with E-state index in [1.54, 1.807) is 6.08 Å². The molecule has 0 radical (unpaired) electrons. The van der Waals surface area contributed by atoms with Crippen LogP contribution in [-0.2, 0) is 0 Å². The number of aliphatic imine (C=N–C) groups is 1. The van der Waals surface area contributed by atoms with Crippen LogP contribution in [-0.4, -0.2) is 11.9 Å². The van der Waals surface area contributed by atoms with Crippen molar-refractivity contribution in [2.45, 2.75) is 65.2 Å². The summed E-state index contributed by atoms with van der Waals surface area (Å²) < 4.78 is 0. The van der Waals surface area contributed by atoms with Gasteiger partial charge in [0.2, 0.25) is 0 Å². The summed E-state index contributed by atoms with van der Waals surface area (Å²) in [5, 5.41) is 11.1. The monoisotopic (exact) mass is 352 g/mol. The fourth-order valence-electron chi connectivity index (χ4n) is 3.55. The Morgan fingerprint density at radius 2 is 2.04 bits per heavy atom. The van der Waals surface area contributed by atoms with Crippen molar-refractivity contribution in [3.63, 3.8) is 0 Å². The van der Waals surface area contributed by atoms with E-state index in [0.717, 1.165) is 23.4 Å². The minimum absolute atomic E-state index is 0.442. The number of benzene rings is 1. The van der Waals surface area contributed by atoms with Crippen LogP contribution in [0.5, 0.6) is 0 Å². The van der Waals surface area contributed by atoms with Gasteiger partial charge in [0.1, 0.15) is 5.82 Å². The molecule has 1 aromatic rings. The Balaban J connectivity index is 2.25. The van der Waals surface area contributed by atoms with E-state index in [1.807, 2.05) is 6.92 Å². The second-order valence-corrected chi connectivity index (χ2v) is 7.20. The van der Waals surface area contributed by atoms with Gasteiger partial charge in [0, 0.05) is 35.0 Å². The van der Waals surface area contributed by atoms with Gasteiger partial charge in [0.15, 0.2) is 0 Å². The third kappa shape index (κ3) is 5.32.